The minimum atomic E-state index is -0.397. The van der Waals surface area contributed by atoms with Gasteiger partial charge in [0.15, 0.2) is 5.01 Å². The molecule has 2 N–H and O–H groups in total. The minimum Gasteiger partial charge on any atom is -0.497 e. The van der Waals surface area contributed by atoms with Crippen molar-refractivity contribution >= 4 is 51.5 Å². The van der Waals surface area contributed by atoms with Crippen molar-refractivity contribution in [3.63, 3.8) is 0 Å². The molecule has 0 saturated carbocycles. The molecule has 4 aromatic rings. The minimum absolute atomic E-state index is 0.397. The number of nitrogens with one attached hydrogen (secondary N) is 2. The Morgan fingerprint density at radius 3 is 2.66 bits per heavy atom. The molecule has 0 aliphatic rings. The lowest BCUT2D eigenvalue weighted by atomic mass is 10.2. The summed E-state index contributed by atoms with van der Waals surface area (Å²) in [7, 11) is 1.58. The molecular formula is C23H19ClN4O2S2. The smallest absolute Gasteiger partial charge is 0.325 e. The molecule has 0 radical (unpaired) electrons. The summed E-state index contributed by atoms with van der Waals surface area (Å²) >= 11 is 9.00. The third-order valence-electron chi connectivity index (χ3n) is 4.40. The van der Waals surface area contributed by atoms with E-state index in [0.29, 0.717) is 16.6 Å². The summed E-state index contributed by atoms with van der Waals surface area (Å²) < 4.78 is 5.17. The molecule has 9 heteroatoms. The molecule has 2 amide bonds. The maximum absolute atomic E-state index is 12.3. The van der Waals surface area contributed by atoms with Gasteiger partial charge < -0.3 is 10.1 Å². The predicted molar refractivity (Wildman–Crippen MR) is 132 cm³/mol. The number of nitrogens with zero attached hydrogens (tertiary/aromatic N) is 2. The van der Waals surface area contributed by atoms with Crippen LogP contribution in [0.4, 0.5) is 15.6 Å². The maximum atomic E-state index is 12.3. The van der Waals surface area contributed by atoms with Gasteiger partial charge in [-0.2, -0.15) is 0 Å². The zero-order valence-electron chi connectivity index (χ0n) is 17.0. The molecule has 32 heavy (non-hydrogen) atoms. The highest BCUT2D eigenvalue weighted by atomic mass is 35.5. The summed E-state index contributed by atoms with van der Waals surface area (Å²) in [5.74, 6) is 1.47. The van der Waals surface area contributed by atoms with Gasteiger partial charge in [0.1, 0.15) is 5.75 Å². The number of anilines is 2. The van der Waals surface area contributed by atoms with Crippen molar-refractivity contribution in [2.75, 3.05) is 17.7 Å². The SMILES string of the molecule is COc1cccc(NC(=O)Nc2nnc(-c3ccccc3SCc3ccc(Cl)cc3)s2)c1. The van der Waals surface area contributed by atoms with E-state index in [1.54, 1.807) is 37.1 Å². The monoisotopic (exact) mass is 482 g/mol. The first kappa shape index (κ1) is 22.1. The van der Waals surface area contributed by atoms with Crippen LogP contribution < -0.4 is 15.4 Å². The van der Waals surface area contributed by atoms with Crippen molar-refractivity contribution in [2.24, 2.45) is 0 Å². The number of hydrogen-bond donors (Lipinski definition) is 2. The summed E-state index contributed by atoms with van der Waals surface area (Å²) in [6.07, 6.45) is 0. The molecule has 0 bridgehead atoms. The Morgan fingerprint density at radius 2 is 1.84 bits per heavy atom. The molecule has 1 heterocycles. The molecular weight excluding hydrogens is 464 g/mol. The van der Waals surface area contributed by atoms with Crippen molar-refractivity contribution in [2.45, 2.75) is 10.6 Å². The predicted octanol–water partition coefficient (Wildman–Crippen LogP) is 6.80. The van der Waals surface area contributed by atoms with E-state index in [9.17, 15) is 4.79 Å². The van der Waals surface area contributed by atoms with Crippen LogP contribution in [0.15, 0.2) is 77.7 Å². The fourth-order valence-electron chi connectivity index (χ4n) is 2.85. The molecule has 6 nitrogen and oxygen atoms in total. The lowest BCUT2D eigenvalue weighted by Crippen LogP contribution is -2.19. The summed E-state index contributed by atoms with van der Waals surface area (Å²) in [5.41, 5.74) is 2.78. The van der Waals surface area contributed by atoms with Gasteiger partial charge in [0.2, 0.25) is 5.13 Å². The highest BCUT2D eigenvalue weighted by Gasteiger charge is 2.13. The van der Waals surface area contributed by atoms with Gasteiger partial charge in [-0.25, -0.2) is 4.79 Å². The first-order valence-corrected chi connectivity index (χ1v) is 11.8. The Kier molecular flexibility index (Phi) is 7.26. The van der Waals surface area contributed by atoms with E-state index >= 15 is 0 Å². The van der Waals surface area contributed by atoms with E-state index in [1.165, 1.54) is 16.9 Å². The average molecular weight is 483 g/mol. The number of carbonyl (C=O) groups excluding carboxylic acids is 1. The van der Waals surface area contributed by atoms with Gasteiger partial charge in [0.25, 0.3) is 0 Å². The number of benzene rings is 3. The van der Waals surface area contributed by atoms with Crippen LogP contribution in [-0.2, 0) is 5.75 Å². The fourth-order valence-corrected chi connectivity index (χ4v) is 4.83. The van der Waals surface area contributed by atoms with Crippen LogP contribution in [0.3, 0.4) is 0 Å². The second-order valence-electron chi connectivity index (χ2n) is 6.63. The van der Waals surface area contributed by atoms with Crippen molar-refractivity contribution in [3.8, 4) is 16.3 Å². The van der Waals surface area contributed by atoms with Crippen LogP contribution in [0.2, 0.25) is 5.02 Å². The van der Waals surface area contributed by atoms with E-state index in [2.05, 4.69) is 26.9 Å². The molecule has 162 valence electrons. The Balaban J connectivity index is 1.42. The Hall–Kier alpha value is -3.07. The van der Waals surface area contributed by atoms with Gasteiger partial charge in [-0.3, -0.25) is 5.32 Å². The first-order valence-electron chi connectivity index (χ1n) is 9.63. The number of thioether (sulfide) groups is 1. The number of aromatic nitrogens is 2. The molecule has 1 aromatic heterocycles. The van der Waals surface area contributed by atoms with Crippen LogP contribution in [-0.4, -0.2) is 23.3 Å². The molecule has 0 atom stereocenters. The Morgan fingerprint density at radius 1 is 1.03 bits per heavy atom. The topological polar surface area (TPSA) is 76.1 Å². The van der Waals surface area contributed by atoms with E-state index in [0.717, 1.165) is 26.2 Å². The van der Waals surface area contributed by atoms with Crippen molar-refractivity contribution in [1.82, 2.24) is 10.2 Å². The highest BCUT2D eigenvalue weighted by Crippen LogP contribution is 2.36. The van der Waals surface area contributed by atoms with E-state index in [-0.39, 0.29) is 0 Å². The standard InChI is InChI=1S/C23H19ClN4O2S2/c1-30-18-6-4-5-17(13-18)25-22(29)26-23-28-27-21(32-23)19-7-2-3-8-20(19)31-14-15-9-11-16(24)12-10-15/h2-13H,14H2,1H3,(H2,25,26,28,29). The fraction of sp³-hybridized carbons (Fsp3) is 0.0870. The maximum Gasteiger partial charge on any atom is 0.325 e. The average Bonchev–Trinajstić information content (AvgIpc) is 3.27. The lowest BCUT2D eigenvalue weighted by molar-refractivity contribution is 0.262. The summed E-state index contributed by atoms with van der Waals surface area (Å²) in [5, 5.41) is 15.8. The van der Waals surface area contributed by atoms with Gasteiger partial charge in [0.05, 0.1) is 7.11 Å². The van der Waals surface area contributed by atoms with Crippen molar-refractivity contribution < 1.29 is 9.53 Å². The van der Waals surface area contributed by atoms with Crippen LogP contribution >= 0.6 is 34.7 Å². The normalized spacial score (nSPS) is 10.6. The number of amides is 2. The Bertz CT molecular complexity index is 1210. The van der Waals surface area contributed by atoms with Gasteiger partial charge in [-0.1, -0.05) is 59.3 Å². The number of urea groups is 1. The lowest BCUT2D eigenvalue weighted by Gasteiger charge is -2.07. The van der Waals surface area contributed by atoms with Crippen LogP contribution in [0.25, 0.3) is 10.6 Å². The number of halogens is 1. The number of methoxy groups -OCH3 is 1. The van der Waals surface area contributed by atoms with E-state index in [1.807, 2.05) is 48.5 Å². The summed E-state index contributed by atoms with van der Waals surface area (Å²) in [6, 6.07) is 22.6. The molecule has 0 aliphatic carbocycles. The zero-order valence-corrected chi connectivity index (χ0v) is 19.4. The van der Waals surface area contributed by atoms with Crippen LogP contribution in [0, 0.1) is 0 Å². The third kappa shape index (κ3) is 5.79. The molecule has 4 rings (SSSR count). The van der Waals surface area contributed by atoms with Crippen LogP contribution in [0.1, 0.15) is 5.56 Å². The van der Waals surface area contributed by atoms with Gasteiger partial charge >= 0.3 is 6.03 Å². The van der Waals surface area contributed by atoms with Crippen LogP contribution in [0.5, 0.6) is 5.75 Å². The largest absolute Gasteiger partial charge is 0.497 e. The van der Waals surface area contributed by atoms with Gasteiger partial charge in [0, 0.05) is 33.0 Å². The molecule has 0 fully saturated rings. The molecule has 0 saturated heterocycles. The number of rotatable bonds is 7. The van der Waals surface area contributed by atoms with Gasteiger partial charge in [-0.15, -0.1) is 22.0 Å². The zero-order chi connectivity index (χ0) is 22.3. The van der Waals surface area contributed by atoms with E-state index < -0.39 is 6.03 Å². The number of hydrogen-bond acceptors (Lipinski definition) is 6. The quantitative estimate of drug-likeness (QED) is 0.283. The van der Waals surface area contributed by atoms with Gasteiger partial charge in [-0.05, 0) is 35.9 Å². The highest BCUT2D eigenvalue weighted by molar-refractivity contribution is 7.98. The van der Waals surface area contributed by atoms with E-state index in [4.69, 9.17) is 16.3 Å². The molecule has 0 spiro atoms. The first-order chi connectivity index (χ1) is 15.6. The second-order valence-corrected chi connectivity index (χ2v) is 9.07. The summed E-state index contributed by atoms with van der Waals surface area (Å²) in [4.78, 5) is 13.4. The number of ether oxygens (including phenoxy) is 1. The molecule has 3 aromatic carbocycles. The second kappa shape index (κ2) is 10.5. The van der Waals surface area contributed by atoms with Crippen molar-refractivity contribution in [3.05, 3.63) is 83.4 Å². The van der Waals surface area contributed by atoms with Crippen molar-refractivity contribution in [1.29, 1.82) is 0 Å². The number of carbonyl (C=O) groups is 1. The third-order valence-corrected chi connectivity index (χ3v) is 6.67. The molecule has 0 unspecified atom stereocenters. The molecule has 0 aliphatic heterocycles. The Labute approximate surface area is 199 Å². The summed E-state index contributed by atoms with van der Waals surface area (Å²) in [6.45, 7) is 0.